The molecule has 1 atom stereocenters. The molecule has 14 heavy (non-hydrogen) atoms. The summed E-state index contributed by atoms with van der Waals surface area (Å²) >= 11 is 3.17. The number of hydrogen-bond donors (Lipinski definition) is 2. The molecule has 0 unspecified atom stereocenters. The number of rotatable bonds is 3. The van der Waals surface area contributed by atoms with Crippen molar-refractivity contribution >= 4 is 21.8 Å². The van der Waals surface area contributed by atoms with Crippen LogP contribution in [-0.4, -0.2) is 28.6 Å². The molecule has 1 aromatic heterocycles. The Labute approximate surface area is 90.5 Å². The second-order valence-corrected chi connectivity index (χ2v) is 3.65. The van der Waals surface area contributed by atoms with Crippen molar-refractivity contribution in [3.05, 3.63) is 28.5 Å². The van der Waals surface area contributed by atoms with Crippen LogP contribution in [0.4, 0.5) is 0 Å². The Kier molecular flexibility index (Phi) is 4.03. The van der Waals surface area contributed by atoms with E-state index in [1.807, 2.05) is 0 Å². The number of carbonyl (C=O) groups is 1. The van der Waals surface area contributed by atoms with Gasteiger partial charge in [0.15, 0.2) is 0 Å². The van der Waals surface area contributed by atoms with Gasteiger partial charge in [-0.25, -0.2) is 4.98 Å². The van der Waals surface area contributed by atoms with E-state index in [9.17, 15) is 4.79 Å². The van der Waals surface area contributed by atoms with E-state index in [4.69, 9.17) is 5.11 Å². The quantitative estimate of drug-likeness (QED) is 0.794. The highest BCUT2D eigenvalue weighted by Crippen LogP contribution is 2.12. The molecule has 0 bridgehead atoms. The van der Waals surface area contributed by atoms with E-state index in [0.717, 1.165) is 0 Å². The summed E-state index contributed by atoms with van der Waals surface area (Å²) in [4.78, 5) is 15.5. The standard InChI is InChI=1S/C9H11BrN2O2/c1-6(5-13)12-9(14)7-3-2-4-11-8(7)10/h2-4,6,13H,5H2,1H3,(H,12,14)/t6-/m0/s1. The monoisotopic (exact) mass is 258 g/mol. The topological polar surface area (TPSA) is 62.2 Å². The summed E-state index contributed by atoms with van der Waals surface area (Å²) in [6.45, 7) is 1.64. The van der Waals surface area contributed by atoms with Gasteiger partial charge in [-0.15, -0.1) is 0 Å². The van der Waals surface area contributed by atoms with Gasteiger partial charge in [-0.05, 0) is 35.0 Å². The zero-order valence-corrected chi connectivity index (χ0v) is 9.28. The molecule has 1 aromatic rings. The molecular weight excluding hydrogens is 248 g/mol. The molecule has 0 fully saturated rings. The molecule has 0 radical (unpaired) electrons. The van der Waals surface area contributed by atoms with Crippen molar-refractivity contribution in [2.24, 2.45) is 0 Å². The van der Waals surface area contributed by atoms with Crippen LogP contribution in [-0.2, 0) is 0 Å². The predicted molar refractivity (Wildman–Crippen MR) is 56.0 cm³/mol. The largest absolute Gasteiger partial charge is 0.394 e. The first-order valence-corrected chi connectivity index (χ1v) is 4.96. The van der Waals surface area contributed by atoms with Gasteiger partial charge in [0.25, 0.3) is 5.91 Å². The summed E-state index contributed by atoms with van der Waals surface area (Å²) < 4.78 is 0.502. The molecule has 1 amide bonds. The van der Waals surface area contributed by atoms with E-state index in [-0.39, 0.29) is 18.6 Å². The molecule has 0 aliphatic carbocycles. The number of pyridine rings is 1. The third-order valence-electron chi connectivity index (χ3n) is 1.66. The minimum atomic E-state index is -0.255. The van der Waals surface area contributed by atoms with E-state index in [0.29, 0.717) is 10.2 Å². The third-order valence-corrected chi connectivity index (χ3v) is 2.29. The number of nitrogens with zero attached hydrogens (tertiary/aromatic N) is 1. The van der Waals surface area contributed by atoms with E-state index in [1.165, 1.54) is 0 Å². The molecule has 0 aliphatic heterocycles. The second-order valence-electron chi connectivity index (χ2n) is 2.90. The predicted octanol–water partition coefficient (Wildman–Crippen LogP) is 0.955. The van der Waals surface area contributed by atoms with Crippen molar-refractivity contribution in [1.82, 2.24) is 10.3 Å². The average molecular weight is 259 g/mol. The zero-order valence-electron chi connectivity index (χ0n) is 7.70. The van der Waals surface area contributed by atoms with E-state index in [1.54, 1.807) is 25.3 Å². The van der Waals surface area contributed by atoms with E-state index < -0.39 is 0 Å². The Bertz CT molecular complexity index is 330. The Balaban J connectivity index is 2.75. The van der Waals surface area contributed by atoms with Gasteiger partial charge in [-0.2, -0.15) is 0 Å². The molecule has 0 spiro atoms. The zero-order chi connectivity index (χ0) is 10.6. The summed E-state index contributed by atoms with van der Waals surface area (Å²) in [5.74, 6) is -0.244. The maximum Gasteiger partial charge on any atom is 0.254 e. The minimum Gasteiger partial charge on any atom is -0.394 e. The number of amides is 1. The van der Waals surface area contributed by atoms with Crippen LogP contribution in [0.3, 0.4) is 0 Å². The van der Waals surface area contributed by atoms with Crippen molar-refractivity contribution in [2.45, 2.75) is 13.0 Å². The number of aliphatic hydroxyl groups excluding tert-OH is 1. The molecule has 76 valence electrons. The van der Waals surface area contributed by atoms with Gasteiger partial charge < -0.3 is 10.4 Å². The Morgan fingerprint density at radius 2 is 2.50 bits per heavy atom. The number of hydrogen-bond acceptors (Lipinski definition) is 3. The number of aliphatic hydroxyl groups is 1. The average Bonchev–Trinajstić information content (AvgIpc) is 2.18. The maximum atomic E-state index is 11.5. The highest BCUT2D eigenvalue weighted by atomic mass is 79.9. The summed E-state index contributed by atoms with van der Waals surface area (Å²) in [5, 5.41) is 11.4. The molecule has 0 aromatic carbocycles. The SMILES string of the molecule is C[C@@H](CO)NC(=O)c1cccnc1Br. The van der Waals surface area contributed by atoms with Crippen LogP contribution in [0.2, 0.25) is 0 Å². The van der Waals surface area contributed by atoms with Gasteiger partial charge in [-0.1, -0.05) is 0 Å². The molecule has 0 saturated carbocycles. The Morgan fingerprint density at radius 3 is 3.07 bits per heavy atom. The first-order chi connectivity index (χ1) is 6.65. The lowest BCUT2D eigenvalue weighted by molar-refractivity contribution is 0.0921. The molecule has 1 heterocycles. The molecule has 1 rings (SSSR count). The van der Waals surface area contributed by atoms with Gasteiger partial charge in [0.05, 0.1) is 12.2 Å². The number of carbonyl (C=O) groups excluding carboxylic acids is 1. The molecule has 0 saturated heterocycles. The molecular formula is C9H11BrN2O2. The number of halogens is 1. The highest BCUT2D eigenvalue weighted by Gasteiger charge is 2.11. The highest BCUT2D eigenvalue weighted by molar-refractivity contribution is 9.10. The summed E-state index contributed by atoms with van der Waals surface area (Å²) in [7, 11) is 0. The van der Waals surface area contributed by atoms with Crippen molar-refractivity contribution in [1.29, 1.82) is 0 Å². The first kappa shape index (κ1) is 11.1. The summed E-state index contributed by atoms with van der Waals surface area (Å²) in [5.41, 5.74) is 0.466. The van der Waals surface area contributed by atoms with Crippen LogP contribution in [0.5, 0.6) is 0 Å². The number of aromatic nitrogens is 1. The van der Waals surface area contributed by atoms with Crippen LogP contribution in [0.15, 0.2) is 22.9 Å². The number of nitrogens with one attached hydrogen (secondary N) is 1. The van der Waals surface area contributed by atoms with Crippen LogP contribution >= 0.6 is 15.9 Å². The molecule has 2 N–H and O–H groups in total. The smallest absolute Gasteiger partial charge is 0.254 e. The van der Waals surface area contributed by atoms with Crippen LogP contribution in [0, 0.1) is 0 Å². The summed E-state index contributed by atoms with van der Waals surface area (Å²) in [6, 6.07) is 3.09. The van der Waals surface area contributed by atoms with E-state index in [2.05, 4.69) is 26.2 Å². The van der Waals surface area contributed by atoms with Gasteiger partial charge in [-0.3, -0.25) is 4.79 Å². The summed E-state index contributed by atoms with van der Waals surface area (Å²) in [6.07, 6.45) is 1.59. The van der Waals surface area contributed by atoms with Crippen LogP contribution in [0.1, 0.15) is 17.3 Å². The fraction of sp³-hybridized carbons (Fsp3) is 0.333. The molecule has 4 nitrogen and oxygen atoms in total. The lowest BCUT2D eigenvalue weighted by Crippen LogP contribution is -2.35. The lowest BCUT2D eigenvalue weighted by Gasteiger charge is -2.10. The van der Waals surface area contributed by atoms with Gasteiger partial charge in [0.2, 0.25) is 0 Å². The van der Waals surface area contributed by atoms with Crippen molar-refractivity contribution in [2.75, 3.05) is 6.61 Å². The van der Waals surface area contributed by atoms with E-state index >= 15 is 0 Å². The molecule has 0 aliphatic rings. The van der Waals surface area contributed by atoms with Crippen molar-refractivity contribution in [3.8, 4) is 0 Å². The van der Waals surface area contributed by atoms with Crippen LogP contribution < -0.4 is 5.32 Å². The lowest BCUT2D eigenvalue weighted by atomic mass is 10.2. The Hall–Kier alpha value is -0.940. The first-order valence-electron chi connectivity index (χ1n) is 4.17. The normalized spacial score (nSPS) is 12.2. The molecule has 5 heteroatoms. The Morgan fingerprint density at radius 1 is 1.79 bits per heavy atom. The van der Waals surface area contributed by atoms with Gasteiger partial charge >= 0.3 is 0 Å². The van der Waals surface area contributed by atoms with Gasteiger partial charge in [0, 0.05) is 12.2 Å². The second kappa shape index (κ2) is 5.07. The van der Waals surface area contributed by atoms with Crippen molar-refractivity contribution in [3.63, 3.8) is 0 Å². The maximum absolute atomic E-state index is 11.5. The van der Waals surface area contributed by atoms with Gasteiger partial charge in [0.1, 0.15) is 4.60 Å². The fourth-order valence-electron chi connectivity index (χ4n) is 0.903. The fourth-order valence-corrected chi connectivity index (χ4v) is 1.33. The van der Waals surface area contributed by atoms with Crippen molar-refractivity contribution < 1.29 is 9.90 Å². The minimum absolute atomic E-state index is 0.0797. The van der Waals surface area contributed by atoms with Crippen LogP contribution in [0.25, 0.3) is 0 Å². The third kappa shape index (κ3) is 2.78.